The molecule has 3 heteroatoms. The molecule has 1 unspecified atom stereocenters. The van der Waals surface area contributed by atoms with Gasteiger partial charge in [0.2, 0.25) is 0 Å². The first kappa shape index (κ1) is 19.5. The van der Waals surface area contributed by atoms with Gasteiger partial charge in [-0.05, 0) is 41.8 Å². The molecule has 1 atom stereocenters. The Labute approximate surface area is 176 Å². The fraction of sp³-hybridized carbons (Fsp3) is 0.0741. The molecule has 3 aromatic carbocycles. The van der Waals surface area contributed by atoms with Crippen LogP contribution in [-0.2, 0) is 4.79 Å². The molecule has 148 valence electrons. The summed E-state index contributed by atoms with van der Waals surface area (Å²) in [5, 5.41) is 3.23. The lowest BCUT2D eigenvalue weighted by atomic mass is 9.96. The van der Waals surface area contributed by atoms with E-state index in [2.05, 4.69) is 36.5 Å². The lowest BCUT2D eigenvalue weighted by Gasteiger charge is -2.21. The maximum absolute atomic E-state index is 13.5. The van der Waals surface area contributed by atoms with Crippen molar-refractivity contribution in [3.05, 3.63) is 131 Å². The van der Waals surface area contributed by atoms with Gasteiger partial charge in [0.1, 0.15) is 5.76 Å². The van der Waals surface area contributed by atoms with Gasteiger partial charge in [-0.15, -0.1) is 0 Å². The summed E-state index contributed by atoms with van der Waals surface area (Å²) in [6.45, 7) is 2.06. The van der Waals surface area contributed by atoms with Gasteiger partial charge in [0.25, 0.3) is 5.91 Å². The summed E-state index contributed by atoms with van der Waals surface area (Å²) >= 11 is 0. The molecule has 0 radical (unpaired) electrons. The maximum atomic E-state index is 13.5. The van der Waals surface area contributed by atoms with Gasteiger partial charge in [-0.1, -0.05) is 90.5 Å². The molecule has 0 spiro atoms. The van der Waals surface area contributed by atoms with Crippen LogP contribution in [0.5, 0.6) is 0 Å². The molecule has 3 nitrogen and oxygen atoms in total. The highest BCUT2D eigenvalue weighted by molar-refractivity contribution is 6.24. The van der Waals surface area contributed by atoms with Gasteiger partial charge < -0.3 is 9.73 Å². The fourth-order valence-electron chi connectivity index (χ4n) is 3.39. The van der Waals surface area contributed by atoms with Crippen LogP contribution in [0, 0.1) is 6.92 Å². The van der Waals surface area contributed by atoms with E-state index in [4.69, 9.17) is 4.42 Å². The third kappa shape index (κ3) is 4.58. The molecule has 4 aromatic rings. The van der Waals surface area contributed by atoms with Gasteiger partial charge in [-0.3, -0.25) is 4.79 Å². The number of benzene rings is 3. The van der Waals surface area contributed by atoms with E-state index in [0.29, 0.717) is 11.3 Å². The lowest BCUT2D eigenvalue weighted by molar-refractivity contribution is -0.116. The summed E-state index contributed by atoms with van der Waals surface area (Å²) in [5.74, 6) is 0.475. The van der Waals surface area contributed by atoms with Crippen molar-refractivity contribution in [2.24, 2.45) is 0 Å². The Morgan fingerprint density at radius 3 is 2.07 bits per heavy atom. The number of carbonyl (C=O) groups is 1. The van der Waals surface area contributed by atoms with E-state index in [0.717, 1.165) is 16.7 Å². The number of furan rings is 1. The second-order valence-electron chi connectivity index (χ2n) is 7.17. The SMILES string of the molecule is Cc1ccc(C(NC(=O)/C(=C/c2ccco2)c2ccccc2)c2ccccc2)cc1. The first-order valence-electron chi connectivity index (χ1n) is 9.94. The highest BCUT2D eigenvalue weighted by atomic mass is 16.3. The van der Waals surface area contributed by atoms with Crippen molar-refractivity contribution in [3.8, 4) is 0 Å². The standard InChI is InChI=1S/C27H23NO2/c1-20-14-16-23(17-15-20)26(22-11-6-3-7-12-22)28-27(29)25(19-24-13-8-18-30-24)21-9-4-2-5-10-21/h2-19,26H,1H3,(H,28,29)/b25-19+. The van der Waals surface area contributed by atoms with E-state index in [1.54, 1.807) is 12.3 Å². The molecule has 0 aliphatic rings. The van der Waals surface area contributed by atoms with Crippen molar-refractivity contribution in [2.75, 3.05) is 0 Å². The van der Waals surface area contributed by atoms with Crippen LogP contribution < -0.4 is 5.32 Å². The maximum Gasteiger partial charge on any atom is 0.252 e. The predicted octanol–water partition coefficient (Wildman–Crippen LogP) is 6.03. The van der Waals surface area contributed by atoms with E-state index in [1.807, 2.05) is 72.8 Å². The number of amides is 1. The van der Waals surface area contributed by atoms with Crippen molar-refractivity contribution >= 4 is 17.6 Å². The summed E-state index contributed by atoms with van der Waals surface area (Å²) in [4.78, 5) is 13.5. The van der Waals surface area contributed by atoms with Crippen LogP contribution in [0.1, 0.15) is 34.1 Å². The summed E-state index contributed by atoms with van der Waals surface area (Å²) < 4.78 is 5.47. The minimum absolute atomic E-state index is 0.160. The molecular formula is C27H23NO2. The Bertz CT molecular complexity index is 1110. The third-order valence-corrected chi connectivity index (χ3v) is 4.98. The molecule has 0 saturated heterocycles. The minimum Gasteiger partial charge on any atom is -0.465 e. The number of nitrogens with one attached hydrogen (secondary N) is 1. The zero-order chi connectivity index (χ0) is 20.8. The molecule has 30 heavy (non-hydrogen) atoms. The summed E-state index contributed by atoms with van der Waals surface area (Å²) in [6, 6.07) is 31.3. The lowest BCUT2D eigenvalue weighted by Crippen LogP contribution is -2.30. The Kier molecular flexibility index (Phi) is 5.90. The summed E-state index contributed by atoms with van der Waals surface area (Å²) in [6.07, 6.45) is 3.38. The van der Waals surface area contributed by atoms with Gasteiger partial charge in [0.05, 0.1) is 17.9 Å². The Balaban J connectivity index is 1.72. The van der Waals surface area contributed by atoms with Crippen LogP contribution in [0.25, 0.3) is 11.6 Å². The zero-order valence-corrected chi connectivity index (χ0v) is 16.8. The molecule has 1 N–H and O–H groups in total. The van der Waals surface area contributed by atoms with E-state index in [9.17, 15) is 4.79 Å². The van der Waals surface area contributed by atoms with Crippen LogP contribution in [-0.4, -0.2) is 5.91 Å². The van der Waals surface area contributed by atoms with E-state index in [1.165, 1.54) is 5.56 Å². The number of carbonyl (C=O) groups excluding carboxylic acids is 1. The van der Waals surface area contributed by atoms with Crippen molar-refractivity contribution in [3.63, 3.8) is 0 Å². The quantitative estimate of drug-likeness (QED) is 0.406. The third-order valence-electron chi connectivity index (χ3n) is 4.98. The van der Waals surface area contributed by atoms with Gasteiger partial charge in [0.15, 0.2) is 0 Å². The van der Waals surface area contributed by atoms with Crippen molar-refractivity contribution < 1.29 is 9.21 Å². The predicted molar refractivity (Wildman–Crippen MR) is 121 cm³/mol. The van der Waals surface area contributed by atoms with Gasteiger partial charge in [-0.25, -0.2) is 0 Å². The molecule has 1 heterocycles. The molecule has 4 rings (SSSR count). The molecule has 1 aromatic heterocycles. The molecule has 0 fully saturated rings. The molecule has 0 aliphatic carbocycles. The minimum atomic E-state index is -0.261. The fourth-order valence-corrected chi connectivity index (χ4v) is 3.39. The molecular weight excluding hydrogens is 370 g/mol. The normalized spacial score (nSPS) is 12.4. The molecule has 0 aliphatic heterocycles. The monoisotopic (exact) mass is 393 g/mol. The highest BCUT2D eigenvalue weighted by Gasteiger charge is 2.20. The van der Waals surface area contributed by atoms with Crippen LogP contribution in [0.3, 0.4) is 0 Å². The van der Waals surface area contributed by atoms with Crippen LogP contribution in [0.15, 0.2) is 108 Å². The number of aryl methyl sites for hydroxylation is 1. The Morgan fingerprint density at radius 1 is 0.800 bits per heavy atom. The van der Waals surface area contributed by atoms with Gasteiger partial charge >= 0.3 is 0 Å². The largest absolute Gasteiger partial charge is 0.465 e. The summed E-state index contributed by atoms with van der Waals surface area (Å²) in [5.41, 5.74) is 4.63. The first-order valence-corrected chi connectivity index (χ1v) is 9.94. The van der Waals surface area contributed by atoms with Crippen LogP contribution >= 0.6 is 0 Å². The topological polar surface area (TPSA) is 42.2 Å². The van der Waals surface area contributed by atoms with Crippen molar-refractivity contribution in [1.29, 1.82) is 0 Å². The average molecular weight is 393 g/mol. The van der Waals surface area contributed by atoms with Crippen LogP contribution in [0.2, 0.25) is 0 Å². The van der Waals surface area contributed by atoms with Crippen LogP contribution in [0.4, 0.5) is 0 Å². The van der Waals surface area contributed by atoms with E-state index in [-0.39, 0.29) is 11.9 Å². The second-order valence-corrected chi connectivity index (χ2v) is 7.17. The van der Waals surface area contributed by atoms with Gasteiger partial charge in [-0.2, -0.15) is 0 Å². The number of rotatable bonds is 6. The molecule has 0 bridgehead atoms. The number of hydrogen-bond acceptors (Lipinski definition) is 2. The molecule has 1 amide bonds. The van der Waals surface area contributed by atoms with Crippen molar-refractivity contribution in [2.45, 2.75) is 13.0 Å². The average Bonchev–Trinajstić information content (AvgIpc) is 3.31. The van der Waals surface area contributed by atoms with Gasteiger partial charge in [0, 0.05) is 0 Å². The summed E-state index contributed by atoms with van der Waals surface area (Å²) in [7, 11) is 0. The smallest absolute Gasteiger partial charge is 0.252 e. The molecule has 0 saturated carbocycles. The Morgan fingerprint density at radius 2 is 1.43 bits per heavy atom. The Hall–Kier alpha value is -3.85. The highest BCUT2D eigenvalue weighted by Crippen LogP contribution is 2.25. The first-order chi connectivity index (χ1) is 14.7. The second kappa shape index (κ2) is 9.10. The van der Waals surface area contributed by atoms with Crippen molar-refractivity contribution in [1.82, 2.24) is 5.32 Å². The van der Waals surface area contributed by atoms with E-state index < -0.39 is 0 Å². The number of hydrogen-bond donors (Lipinski definition) is 1. The zero-order valence-electron chi connectivity index (χ0n) is 16.8. The van der Waals surface area contributed by atoms with E-state index >= 15 is 0 Å².